The number of carbonyl (C=O) groups is 5. The molecule has 0 saturated carbocycles. The number of ether oxygens (including phenoxy) is 1. The van der Waals surface area contributed by atoms with Crippen molar-refractivity contribution in [2.24, 2.45) is 0 Å². The average Bonchev–Trinajstić information content (AvgIpc) is 2.75. The largest absolute Gasteiger partial charge is 0.454 e. The highest BCUT2D eigenvalue weighted by Crippen LogP contribution is 2.16. The van der Waals surface area contributed by atoms with Crippen molar-refractivity contribution in [2.75, 3.05) is 13.2 Å². The Kier molecular flexibility index (Phi) is 5.16. The molecule has 25 heavy (non-hydrogen) atoms. The van der Waals surface area contributed by atoms with Gasteiger partial charge in [0, 0.05) is 5.56 Å². The molecule has 0 atom stereocenters. The lowest BCUT2D eigenvalue weighted by Crippen LogP contribution is -2.41. The molecule has 0 bridgehead atoms. The monoisotopic (exact) mass is 347 g/mol. The third-order valence-corrected chi connectivity index (χ3v) is 3.38. The Hall–Kier alpha value is -3.23. The number of nitrogens with zero attached hydrogens (tertiary/aromatic N) is 1. The third-order valence-electron chi connectivity index (χ3n) is 3.38. The molecule has 1 aromatic rings. The maximum atomic E-state index is 11.9. The lowest BCUT2D eigenvalue weighted by Gasteiger charge is -2.15. The fraction of sp³-hybridized carbons (Fsp3) is 0.312. The van der Waals surface area contributed by atoms with Crippen molar-refractivity contribution in [1.82, 2.24) is 15.5 Å². The molecule has 0 spiro atoms. The fourth-order valence-corrected chi connectivity index (χ4v) is 2.11. The second kappa shape index (κ2) is 7.12. The van der Waals surface area contributed by atoms with Gasteiger partial charge >= 0.3 is 12.0 Å². The Morgan fingerprint density at radius 2 is 1.80 bits per heavy atom. The summed E-state index contributed by atoms with van der Waals surface area (Å²) in [5.41, 5.74) is -0.819. The zero-order valence-corrected chi connectivity index (χ0v) is 13.7. The van der Waals surface area contributed by atoms with Gasteiger partial charge in [-0.15, -0.1) is 0 Å². The summed E-state index contributed by atoms with van der Waals surface area (Å²) in [6.07, 6.45) is 0. The van der Waals surface area contributed by atoms with Crippen LogP contribution in [0.5, 0.6) is 0 Å². The van der Waals surface area contributed by atoms with E-state index in [9.17, 15) is 24.0 Å². The molecule has 1 saturated heterocycles. The van der Waals surface area contributed by atoms with Gasteiger partial charge in [-0.3, -0.25) is 29.4 Å². The number of amides is 5. The molecule has 9 nitrogen and oxygen atoms in total. The highest BCUT2D eigenvalue weighted by atomic mass is 16.5. The number of rotatable bonds is 5. The zero-order chi connectivity index (χ0) is 18.6. The van der Waals surface area contributed by atoms with Crippen LogP contribution in [0.15, 0.2) is 30.3 Å². The van der Waals surface area contributed by atoms with Crippen LogP contribution in [0, 0.1) is 0 Å². The molecular formula is C16H17N3O6. The SMILES string of the molecule is CC1(C)NC(=O)N(CC(=O)OCC(=O)NC(=O)c2ccccc2)C1=O. The third kappa shape index (κ3) is 4.40. The molecular weight excluding hydrogens is 330 g/mol. The van der Waals surface area contributed by atoms with Crippen molar-refractivity contribution < 1.29 is 28.7 Å². The first-order valence-electron chi connectivity index (χ1n) is 7.39. The van der Waals surface area contributed by atoms with Gasteiger partial charge in [-0.2, -0.15) is 0 Å². The van der Waals surface area contributed by atoms with Gasteiger partial charge in [0.15, 0.2) is 6.61 Å². The Labute approximate surface area is 143 Å². The molecule has 0 unspecified atom stereocenters. The standard InChI is InChI=1S/C16H17N3O6/c1-16(2)14(23)19(15(24)18-16)8-12(21)25-9-11(20)17-13(22)10-6-4-3-5-7-10/h3-7H,8-9H2,1-2H3,(H,18,24)(H,17,20,22). The number of benzene rings is 1. The smallest absolute Gasteiger partial charge is 0.326 e. The van der Waals surface area contributed by atoms with Gasteiger partial charge < -0.3 is 10.1 Å². The van der Waals surface area contributed by atoms with Crippen LogP contribution >= 0.6 is 0 Å². The fourth-order valence-electron chi connectivity index (χ4n) is 2.11. The number of nitrogens with one attached hydrogen (secondary N) is 2. The summed E-state index contributed by atoms with van der Waals surface area (Å²) in [4.78, 5) is 59.4. The van der Waals surface area contributed by atoms with Crippen molar-refractivity contribution in [3.05, 3.63) is 35.9 Å². The van der Waals surface area contributed by atoms with E-state index < -0.39 is 48.4 Å². The molecule has 1 aromatic carbocycles. The quantitative estimate of drug-likeness (QED) is 0.563. The maximum Gasteiger partial charge on any atom is 0.326 e. The summed E-state index contributed by atoms with van der Waals surface area (Å²) < 4.78 is 4.69. The van der Waals surface area contributed by atoms with Gasteiger partial charge in [-0.05, 0) is 26.0 Å². The summed E-state index contributed by atoms with van der Waals surface area (Å²) in [6.45, 7) is 1.68. The first-order valence-corrected chi connectivity index (χ1v) is 7.39. The first kappa shape index (κ1) is 18.1. The van der Waals surface area contributed by atoms with E-state index in [1.165, 1.54) is 26.0 Å². The first-order chi connectivity index (χ1) is 11.7. The molecule has 9 heteroatoms. The van der Waals surface area contributed by atoms with E-state index >= 15 is 0 Å². The highest BCUT2D eigenvalue weighted by Gasteiger charge is 2.45. The molecule has 2 rings (SSSR count). The van der Waals surface area contributed by atoms with E-state index in [0.29, 0.717) is 4.90 Å². The van der Waals surface area contributed by atoms with Crippen molar-refractivity contribution in [2.45, 2.75) is 19.4 Å². The molecule has 1 aliphatic heterocycles. The Bertz CT molecular complexity index is 729. The van der Waals surface area contributed by atoms with Gasteiger partial charge in [0.2, 0.25) is 0 Å². The molecule has 1 heterocycles. The summed E-state index contributed by atoms with van der Waals surface area (Å²) in [5, 5.41) is 4.47. The number of hydrogen-bond donors (Lipinski definition) is 2. The lowest BCUT2D eigenvalue weighted by molar-refractivity contribution is -0.150. The van der Waals surface area contributed by atoms with Crippen molar-refractivity contribution in [3.8, 4) is 0 Å². The normalized spacial score (nSPS) is 15.5. The number of carbonyl (C=O) groups excluding carboxylic acids is 5. The summed E-state index contributed by atoms with van der Waals surface area (Å²) in [6, 6.07) is 7.33. The van der Waals surface area contributed by atoms with Crippen LogP contribution in [0.2, 0.25) is 0 Å². The van der Waals surface area contributed by atoms with Crippen LogP contribution in [-0.2, 0) is 19.1 Å². The second-order valence-electron chi connectivity index (χ2n) is 5.85. The molecule has 1 aliphatic rings. The summed E-state index contributed by atoms with van der Waals surface area (Å²) in [7, 11) is 0. The predicted molar refractivity (Wildman–Crippen MR) is 84.2 cm³/mol. The van der Waals surface area contributed by atoms with Gasteiger partial charge in [0.05, 0.1) is 0 Å². The molecule has 132 valence electrons. The summed E-state index contributed by atoms with van der Waals surface area (Å²) >= 11 is 0. The minimum absolute atomic E-state index is 0.281. The second-order valence-corrected chi connectivity index (χ2v) is 5.85. The van der Waals surface area contributed by atoms with Crippen molar-refractivity contribution in [3.63, 3.8) is 0 Å². The van der Waals surface area contributed by atoms with E-state index in [4.69, 9.17) is 4.74 Å². The van der Waals surface area contributed by atoms with Crippen LogP contribution in [-0.4, -0.2) is 53.3 Å². The molecule has 5 amide bonds. The van der Waals surface area contributed by atoms with Crippen molar-refractivity contribution in [1.29, 1.82) is 0 Å². The minimum atomic E-state index is -1.10. The summed E-state index contributed by atoms with van der Waals surface area (Å²) in [5.74, 6) is -2.96. The van der Waals surface area contributed by atoms with Crippen LogP contribution in [0.1, 0.15) is 24.2 Å². The van der Waals surface area contributed by atoms with Crippen LogP contribution in [0.4, 0.5) is 4.79 Å². The number of hydrogen-bond acceptors (Lipinski definition) is 6. The molecule has 1 fully saturated rings. The van der Waals surface area contributed by atoms with Gasteiger partial charge in [-0.25, -0.2) is 4.79 Å². The maximum absolute atomic E-state index is 11.9. The van der Waals surface area contributed by atoms with E-state index in [0.717, 1.165) is 0 Å². The van der Waals surface area contributed by atoms with Gasteiger partial charge in [0.25, 0.3) is 17.7 Å². The minimum Gasteiger partial charge on any atom is -0.454 e. The number of imide groups is 2. The molecule has 0 aromatic heterocycles. The highest BCUT2D eigenvalue weighted by molar-refractivity contribution is 6.08. The van der Waals surface area contributed by atoms with E-state index in [-0.39, 0.29) is 5.56 Å². The molecule has 0 aliphatic carbocycles. The van der Waals surface area contributed by atoms with Crippen LogP contribution < -0.4 is 10.6 Å². The average molecular weight is 347 g/mol. The van der Waals surface area contributed by atoms with Crippen LogP contribution in [0.25, 0.3) is 0 Å². The Morgan fingerprint density at radius 1 is 1.16 bits per heavy atom. The van der Waals surface area contributed by atoms with Gasteiger partial charge in [-0.1, -0.05) is 18.2 Å². The topological polar surface area (TPSA) is 122 Å². The van der Waals surface area contributed by atoms with Crippen molar-refractivity contribution >= 4 is 29.7 Å². The van der Waals surface area contributed by atoms with Crippen LogP contribution in [0.3, 0.4) is 0 Å². The Morgan fingerprint density at radius 3 is 2.36 bits per heavy atom. The van der Waals surface area contributed by atoms with E-state index in [1.807, 2.05) is 0 Å². The van der Waals surface area contributed by atoms with E-state index in [2.05, 4.69) is 10.6 Å². The predicted octanol–water partition coefficient (Wildman–Crippen LogP) is -0.183. The number of urea groups is 1. The van der Waals surface area contributed by atoms with Gasteiger partial charge in [0.1, 0.15) is 12.1 Å². The van der Waals surface area contributed by atoms with E-state index in [1.54, 1.807) is 18.2 Å². The Balaban J connectivity index is 1.80. The molecule has 2 N–H and O–H groups in total. The lowest BCUT2D eigenvalue weighted by atomic mass is 10.1. The zero-order valence-electron chi connectivity index (χ0n) is 13.7. The number of esters is 1. The molecule has 0 radical (unpaired) electrons.